The zero-order valence-electron chi connectivity index (χ0n) is 11.2. The van der Waals surface area contributed by atoms with E-state index >= 15 is 0 Å². The maximum absolute atomic E-state index is 12.4. The molecule has 1 saturated heterocycles. The fourth-order valence-electron chi connectivity index (χ4n) is 2.29. The lowest BCUT2D eigenvalue weighted by molar-refractivity contribution is -0.125. The van der Waals surface area contributed by atoms with Crippen LogP contribution in [-0.2, 0) is 11.3 Å². The summed E-state index contributed by atoms with van der Waals surface area (Å²) in [5.41, 5.74) is 1.60. The van der Waals surface area contributed by atoms with Crippen molar-refractivity contribution in [2.45, 2.75) is 6.54 Å². The third kappa shape index (κ3) is 2.76. The van der Waals surface area contributed by atoms with Gasteiger partial charge < -0.3 is 0 Å². The minimum atomic E-state index is -0.300. The van der Waals surface area contributed by atoms with Crippen LogP contribution in [0.15, 0.2) is 54.6 Å². The molecule has 106 valence electrons. The summed E-state index contributed by atoms with van der Waals surface area (Å²) in [7, 11) is 0. The Morgan fingerprint density at radius 3 is 2.29 bits per heavy atom. The van der Waals surface area contributed by atoms with E-state index in [1.54, 1.807) is 24.3 Å². The van der Waals surface area contributed by atoms with Crippen LogP contribution < -0.4 is 4.90 Å². The van der Waals surface area contributed by atoms with Gasteiger partial charge in [-0.15, -0.1) is 0 Å². The third-order valence-electron chi connectivity index (χ3n) is 3.38. The summed E-state index contributed by atoms with van der Waals surface area (Å²) in [6.07, 6.45) is 0. The Morgan fingerprint density at radius 2 is 1.62 bits per heavy atom. The number of halogens is 1. The Hall–Kier alpha value is -2.33. The van der Waals surface area contributed by atoms with Gasteiger partial charge in [0.2, 0.25) is 0 Å². The monoisotopic (exact) mass is 300 g/mol. The lowest BCUT2D eigenvalue weighted by Gasteiger charge is -2.17. The number of anilines is 1. The minimum absolute atomic E-state index is 0.0628. The summed E-state index contributed by atoms with van der Waals surface area (Å²) in [6, 6.07) is 16.0. The second kappa shape index (κ2) is 5.58. The zero-order valence-corrected chi connectivity index (χ0v) is 12.0. The summed E-state index contributed by atoms with van der Waals surface area (Å²) in [6.45, 7) is 0.357. The molecule has 0 radical (unpaired) electrons. The van der Waals surface area contributed by atoms with E-state index in [4.69, 9.17) is 11.6 Å². The molecule has 0 aromatic heterocycles. The summed E-state index contributed by atoms with van der Waals surface area (Å²) in [5.74, 6) is -0.196. The van der Waals surface area contributed by atoms with Crippen molar-refractivity contribution in [3.8, 4) is 0 Å². The van der Waals surface area contributed by atoms with Gasteiger partial charge in [-0.3, -0.25) is 14.6 Å². The number of imide groups is 1. The van der Waals surface area contributed by atoms with Gasteiger partial charge in [-0.1, -0.05) is 41.9 Å². The van der Waals surface area contributed by atoms with Crippen molar-refractivity contribution in [2.24, 2.45) is 0 Å². The first-order chi connectivity index (χ1) is 10.1. The number of carbonyl (C=O) groups is 2. The van der Waals surface area contributed by atoms with E-state index in [-0.39, 0.29) is 18.5 Å². The van der Waals surface area contributed by atoms with Crippen molar-refractivity contribution in [2.75, 3.05) is 11.4 Å². The van der Waals surface area contributed by atoms with Gasteiger partial charge in [0.15, 0.2) is 0 Å². The number of urea groups is 1. The Kier molecular flexibility index (Phi) is 3.62. The van der Waals surface area contributed by atoms with Gasteiger partial charge in [0.05, 0.1) is 6.54 Å². The number of hydrogen-bond donors (Lipinski definition) is 0. The first kappa shape index (κ1) is 13.6. The van der Waals surface area contributed by atoms with Crippen molar-refractivity contribution < 1.29 is 9.59 Å². The molecule has 0 saturated carbocycles. The molecule has 3 amide bonds. The molecule has 2 aromatic rings. The van der Waals surface area contributed by atoms with Crippen molar-refractivity contribution in [3.63, 3.8) is 0 Å². The number of carbonyl (C=O) groups excluding carboxylic acids is 2. The fourth-order valence-corrected chi connectivity index (χ4v) is 2.41. The van der Waals surface area contributed by atoms with E-state index in [0.29, 0.717) is 17.3 Å². The van der Waals surface area contributed by atoms with Gasteiger partial charge >= 0.3 is 6.03 Å². The average molecular weight is 301 g/mol. The molecule has 21 heavy (non-hydrogen) atoms. The molecule has 1 fully saturated rings. The molecule has 1 aliphatic heterocycles. The second-order valence-corrected chi connectivity index (χ2v) is 5.25. The molecule has 4 nitrogen and oxygen atoms in total. The van der Waals surface area contributed by atoms with Crippen LogP contribution in [0.3, 0.4) is 0 Å². The molecule has 0 unspecified atom stereocenters. The molecular weight excluding hydrogens is 288 g/mol. The normalized spacial score (nSPS) is 14.9. The average Bonchev–Trinajstić information content (AvgIpc) is 2.77. The molecule has 0 N–H and O–H groups in total. The third-order valence-corrected chi connectivity index (χ3v) is 3.63. The predicted molar refractivity (Wildman–Crippen MR) is 81.2 cm³/mol. The molecule has 0 bridgehead atoms. The Labute approximate surface area is 127 Å². The van der Waals surface area contributed by atoms with Crippen LogP contribution in [0.1, 0.15) is 5.56 Å². The van der Waals surface area contributed by atoms with Crippen LogP contribution >= 0.6 is 11.6 Å². The highest BCUT2D eigenvalue weighted by atomic mass is 35.5. The largest absolute Gasteiger partial charge is 0.332 e. The minimum Gasteiger partial charge on any atom is -0.285 e. The maximum Gasteiger partial charge on any atom is 0.332 e. The molecular formula is C16H13ClN2O2. The van der Waals surface area contributed by atoms with E-state index < -0.39 is 0 Å². The fraction of sp³-hybridized carbons (Fsp3) is 0.125. The standard InChI is InChI=1S/C16H13ClN2O2/c17-13-6-8-14(9-7-13)18-11-15(20)19(16(18)21)10-12-4-2-1-3-5-12/h1-9H,10-11H2. The number of nitrogens with zero attached hydrogens (tertiary/aromatic N) is 2. The number of amides is 3. The van der Waals surface area contributed by atoms with Gasteiger partial charge in [0, 0.05) is 10.7 Å². The summed E-state index contributed by atoms with van der Waals surface area (Å²) < 4.78 is 0. The van der Waals surface area contributed by atoms with Crippen LogP contribution in [-0.4, -0.2) is 23.4 Å². The van der Waals surface area contributed by atoms with Gasteiger partial charge in [0.1, 0.15) is 6.54 Å². The quantitative estimate of drug-likeness (QED) is 0.816. The van der Waals surface area contributed by atoms with Crippen LogP contribution in [0.5, 0.6) is 0 Å². The Balaban J connectivity index is 1.80. The molecule has 3 rings (SSSR count). The van der Waals surface area contributed by atoms with E-state index in [1.807, 2.05) is 30.3 Å². The molecule has 2 aromatic carbocycles. The number of hydrogen-bond acceptors (Lipinski definition) is 2. The van der Waals surface area contributed by atoms with Crippen LogP contribution in [0.2, 0.25) is 5.02 Å². The van der Waals surface area contributed by atoms with Gasteiger partial charge in [-0.05, 0) is 29.8 Å². The smallest absolute Gasteiger partial charge is 0.285 e. The summed E-state index contributed by atoms with van der Waals surface area (Å²) in [5, 5.41) is 0.595. The second-order valence-electron chi connectivity index (χ2n) is 4.81. The van der Waals surface area contributed by atoms with Crippen LogP contribution in [0, 0.1) is 0 Å². The molecule has 0 aliphatic carbocycles. The first-order valence-corrected chi connectivity index (χ1v) is 6.94. The summed E-state index contributed by atoms with van der Waals surface area (Å²) in [4.78, 5) is 27.2. The van der Waals surface area contributed by atoms with Crippen molar-refractivity contribution in [1.29, 1.82) is 0 Å². The molecule has 1 aliphatic rings. The van der Waals surface area contributed by atoms with Crippen molar-refractivity contribution in [1.82, 2.24) is 4.90 Å². The number of rotatable bonds is 3. The maximum atomic E-state index is 12.4. The predicted octanol–water partition coefficient (Wildman–Crippen LogP) is 3.31. The highest BCUT2D eigenvalue weighted by Crippen LogP contribution is 2.24. The topological polar surface area (TPSA) is 40.6 Å². The van der Waals surface area contributed by atoms with E-state index in [9.17, 15) is 9.59 Å². The van der Waals surface area contributed by atoms with Crippen LogP contribution in [0.25, 0.3) is 0 Å². The SMILES string of the molecule is O=C1CN(c2ccc(Cl)cc2)C(=O)N1Cc1ccccc1. The lowest BCUT2D eigenvalue weighted by atomic mass is 10.2. The lowest BCUT2D eigenvalue weighted by Crippen LogP contribution is -2.32. The molecule has 1 heterocycles. The highest BCUT2D eigenvalue weighted by molar-refractivity contribution is 6.30. The number of benzene rings is 2. The van der Waals surface area contributed by atoms with E-state index in [2.05, 4.69) is 0 Å². The molecule has 0 spiro atoms. The Bertz CT molecular complexity index is 670. The van der Waals surface area contributed by atoms with Crippen molar-refractivity contribution in [3.05, 3.63) is 65.2 Å². The van der Waals surface area contributed by atoms with Gasteiger partial charge in [-0.2, -0.15) is 0 Å². The van der Waals surface area contributed by atoms with E-state index in [1.165, 1.54) is 9.80 Å². The first-order valence-electron chi connectivity index (χ1n) is 6.56. The molecule has 0 atom stereocenters. The summed E-state index contributed by atoms with van der Waals surface area (Å²) >= 11 is 5.84. The Morgan fingerprint density at radius 1 is 0.952 bits per heavy atom. The van der Waals surface area contributed by atoms with Gasteiger partial charge in [0.25, 0.3) is 5.91 Å². The zero-order chi connectivity index (χ0) is 14.8. The molecule has 5 heteroatoms. The van der Waals surface area contributed by atoms with Crippen molar-refractivity contribution >= 4 is 29.2 Å². The van der Waals surface area contributed by atoms with E-state index in [0.717, 1.165) is 5.56 Å². The highest BCUT2D eigenvalue weighted by Gasteiger charge is 2.36. The van der Waals surface area contributed by atoms with Gasteiger partial charge in [-0.25, -0.2) is 4.79 Å². The van der Waals surface area contributed by atoms with Crippen LogP contribution in [0.4, 0.5) is 10.5 Å².